The van der Waals surface area contributed by atoms with Crippen molar-refractivity contribution in [3.05, 3.63) is 17.7 Å². The number of hydrogen-bond acceptors (Lipinski definition) is 5. The van der Waals surface area contributed by atoms with E-state index in [4.69, 9.17) is 15.0 Å². The van der Waals surface area contributed by atoms with E-state index in [1.54, 1.807) is 0 Å². The van der Waals surface area contributed by atoms with Crippen LogP contribution < -0.4 is 5.32 Å². The Morgan fingerprint density at radius 2 is 2.18 bits per heavy atom. The van der Waals surface area contributed by atoms with E-state index in [1.807, 2.05) is 6.92 Å². The quantitative estimate of drug-likeness (QED) is 0.562. The summed E-state index contributed by atoms with van der Waals surface area (Å²) in [6.07, 6.45) is 3.62. The molecule has 0 atom stereocenters. The fraction of sp³-hybridized carbons (Fsp3) is 0.643. The van der Waals surface area contributed by atoms with E-state index in [0.29, 0.717) is 24.8 Å². The first-order valence-electron chi connectivity index (χ1n) is 7.31. The molecule has 22 heavy (non-hydrogen) atoms. The standard InChI is InChI=1S/C13H22N4O2.CH2O2/c1-10-12(16-9-15-10)13(19)14-4-7-17-5-2-11(8-18)3-6-17;2-1-3/h9,11,18H,2-8H2,1H3,(H,14,19)(H,15,16);1H,(H,2,3). The molecule has 124 valence electrons. The van der Waals surface area contributed by atoms with Crippen molar-refractivity contribution in [3.8, 4) is 0 Å². The Labute approximate surface area is 129 Å². The first kappa shape index (κ1) is 18.1. The number of carbonyl (C=O) groups is 2. The van der Waals surface area contributed by atoms with Gasteiger partial charge in [-0.1, -0.05) is 0 Å². The molecule has 1 aromatic rings. The van der Waals surface area contributed by atoms with Gasteiger partial charge in [0.15, 0.2) is 0 Å². The van der Waals surface area contributed by atoms with Crippen LogP contribution in [0.1, 0.15) is 29.0 Å². The summed E-state index contributed by atoms with van der Waals surface area (Å²) >= 11 is 0. The lowest BCUT2D eigenvalue weighted by atomic mass is 9.98. The third-order valence-electron chi connectivity index (χ3n) is 3.72. The summed E-state index contributed by atoms with van der Waals surface area (Å²) in [6, 6.07) is 0. The maximum Gasteiger partial charge on any atom is 0.290 e. The van der Waals surface area contributed by atoms with E-state index in [-0.39, 0.29) is 12.4 Å². The topological polar surface area (TPSA) is 119 Å². The number of aliphatic hydroxyl groups is 1. The molecule has 1 aliphatic rings. The zero-order valence-electron chi connectivity index (χ0n) is 12.8. The van der Waals surface area contributed by atoms with Gasteiger partial charge >= 0.3 is 0 Å². The highest BCUT2D eigenvalue weighted by atomic mass is 16.3. The van der Waals surface area contributed by atoms with Crippen LogP contribution in [0.3, 0.4) is 0 Å². The van der Waals surface area contributed by atoms with Crippen LogP contribution in [-0.4, -0.2) is 70.2 Å². The van der Waals surface area contributed by atoms with Crippen molar-refractivity contribution in [2.75, 3.05) is 32.8 Å². The van der Waals surface area contributed by atoms with Gasteiger partial charge in [-0.25, -0.2) is 4.98 Å². The Morgan fingerprint density at radius 3 is 2.68 bits per heavy atom. The van der Waals surface area contributed by atoms with Gasteiger partial charge in [-0.2, -0.15) is 0 Å². The number of carboxylic acid groups (broad SMARTS) is 1. The Bertz CT molecular complexity index is 455. The summed E-state index contributed by atoms with van der Waals surface area (Å²) in [7, 11) is 0. The van der Waals surface area contributed by atoms with Crippen LogP contribution in [0, 0.1) is 12.8 Å². The van der Waals surface area contributed by atoms with Gasteiger partial charge in [0.25, 0.3) is 12.4 Å². The zero-order chi connectivity index (χ0) is 16.4. The molecule has 1 aromatic heterocycles. The van der Waals surface area contributed by atoms with E-state index in [2.05, 4.69) is 20.2 Å². The van der Waals surface area contributed by atoms with Crippen LogP contribution in [0.2, 0.25) is 0 Å². The number of hydrogen-bond donors (Lipinski definition) is 4. The Kier molecular flexibility index (Phi) is 8.16. The number of aromatic nitrogens is 2. The summed E-state index contributed by atoms with van der Waals surface area (Å²) in [4.78, 5) is 29.4. The van der Waals surface area contributed by atoms with Crippen molar-refractivity contribution in [2.45, 2.75) is 19.8 Å². The number of aryl methyl sites for hydroxylation is 1. The van der Waals surface area contributed by atoms with E-state index in [1.165, 1.54) is 6.33 Å². The highest BCUT2D eigenvalue weighted by Gasteiger charge is 2.18. The monoisotopic (exact) mass is 312 g/mol. The molecule has 1 fully saturated rings. The largest absolute Gasteiger partial charge is 0.483 e. The van der Waals surface area contributed by atoms with Crippen molar-refractivity contribution in [1.29, 1.82) is 0 Å². The smallest absolute Gasteiger partial charge is 0.290 e. The lowest BCUT2D eigenvalue weighted by Gasteiger charge is -2.30. The Hall–Kier alpha value is -1.93. The van der Waals surface area contributed by atoms with E-state index < -0.39 is 0 Å². The van der Waals surface area contributed by atoms with Gasteiger partial charge in [0.1, 0.15) is 5.69 Å². The number of H-pyrrole nitrogens is 1. The van der Waals surface area contributed by atoms with Crippen molar-refractivity contribution < 1.29 is 19.8 Å². The van der Waals surface area contributed by atoms with Gasteiger partial charge in [-0.3, -0.25) is 9.59 Å². The summed E-state index contributed by atoms with van der Waals surface area (Å²) in [5.74, 6) is 0.335. The molecule has 0 spiro atoms. The molecular formula is C14H24N4O4. The van der Waals surface area contributed by atoms with Crippen LogP contribution in [0.4, 0.5) is 0 Å². The fourth-order valence-corrected chi connectivity index (χ4v) is 2.39. The molecule has 0 aliphatic carbocycles. The van der Waals surface area contributed by atoms with Crippen LogP contribution >= 0.6 is 0 Å². The predicted octanol–water partition coefficient (Wildman–Crippen LogP) is -0.147. The number of rotatable bonds is 5. The second-order valence-corrected chi connectivity index (χ2v) is 5.21. The zero-order valence-corrected chi connectivity index (χ0v) is 12.8. The maximum atomic E-state index is 11.8. The molecule has 1 amide bonds. The van der Waals surface area contributed by atoms with Gasteiger partial charge in [0.05, 0.1) is 6.33 Å². The minimum absolute atomic E-state index is 0.121. The minimum atomic E-state index is -0.250. The van der Waals surface area contributed by atoms with Gasteiger partial charge in [-0.15, -0.1) is 0 Å². The van der Waals surface area contributed by atoms with Crippen molar-refractivity contribution in [2.24, 2.45) is 5.92 Å². The van der Waals surface area contributed by atoms with Gasteiger partial charge in [-0.05, 0) is 38.8 Å². The van der Waals surface area contributed by atoms with Crippen LogP contribution in [0.15, 0.2) is 6.33 Å². The summed E-state index contributed by atoms with van der Waals surface area (Å²) in [5.41, 5.74) is 1.26. The molecule has 1 saturated heterocycles. The summed E-state index contributed by atoms with van der Waals surface area (Å²) in [6.45, 7) is 5.37. The molecule has 0 aromatic carbocycles. The van der Waals surface area contributed by atoms with Crippen LogP contribution in [0.5, 0.6) is 0 Å². The molecule has 0 radical (unpaired) electrons. The second-order valence-electron chi connectivity index (χ2n) is 5.21. The third-order valence-corrected chi connectivity index (χ3v) is 3.72. The molecule has 2 rings (SSSR count). The summed E-state index contributed by atoms with van der Waals surface area (Å²) < 4.78 is 0. The maximum absolute atomic E-state index is 11.8. The number of imidazole rings is 1. The number of carbonyl (C=O) groups excluding carboxylic acids is 1. The fourth-order valence-electron chi connectivity index (χ4n) is 2.39. The normalized spacial score (nSPS) is 15.7. The number of aromatic amines is 1. The molecule has 0 saturated carbocycles. The van der Waals surface area contributed by atoms with Crippen molar-refractivity contribution in [3.63, 3.8) is 0 Å². The number of nitrogens with zero attached hydrogens (tertiary/aromatic N) is 2. The van der Waals surface area contributed by atoms with Gasteiger partial charge < -0.3 is 25.4 Å². The Balaban J connectivity index is 0.000000745. The highest BCUT2D eigenvalue weighted by Crippen LogP contribution is 2.15. The molecule has 0 unspecified atom stereocenters. The summed E-state index contributed by atoms with van der Waals surface area (Å²) in [5, 5.41) is 18.8. The minimum Gasteiger partial charge on any atom is -0.483 e. The van der Waals surface area contributed by atoms with Crippen molar-refractivity contribution >= 4 is 12.4 Å². The number of piperidine rings is 1. The first-order chi connectivity index (χ1) is 10.6. The van der Waals surface area contributed by atoms with Gasteiger partial charge in [0, 0.05) is 25.4 Å². The van der Waals surface area contributed by atoms with Crippen LogP contribution in [0.25, 0.3) is 0 Å². The average molecular weight is 312 g/mol. The number of aliphatic hydroxyl groups excluding tert-OH is 1. The van der Waals surface area contributed by atoms with Gasteiger partial charge in [0.2, 0.25) is 0 Å². The molecule has 1 aliphatic heterocycles. The van der Waals surface area contributed by atoms with Crippen LogP contribution in [-0.2, 0) is 4.79 Å². The first-order valence-corrected chi connectivity index (χ1v) is 7.31. The molecule has 8 nitrogen and oxygen atoms in total. The predicted molar refractivity (Wildman–Crippen MR) is 80.6 cm³/mol. The van der Waals surface area contributed by atoms with E-state index in [9.17, 15) is 4.79 Å². The lowest BCUT2D eigenvalue weighted by Crippen LogP contribution is -2.40. The average Bonchev–Trinajstić information content (AvgIpc) is 2.95. The number of likely N-dealkylation sites (tertiary alicyclic amines) is 1. The Morgan fingerprint density at radius 1 is 1.55 bits per heavy atom. The van der Waals surface area contributed by atoms with E-state index >= 15 is 0 Å². The molecule has 0 bridgehead atoms. The second kappa shape index (κ2) is 9.91. The molecule has 2 heterocycles. The van der Waals surface area contributed by atoms with E-state index in [0.717, 1.165) is 38.2 Å². The third kappa shape index (κ3) is 5.82. The molecule has 8 heteroatoms. The molecular weight excluding hydrogens is 288 g/mol. The SMILES string of the molecule is Cc1[nH]cnc1C(=O)NCCN1CCC(CO)CC1.O=CO. The number of amides is 1. The molecule has 4 N–H and O–H groups in total. The highest BCUT2D eigenvalue weighted by molar-refractivity contribution is 5.93. The van der Waals surface area contributed by atoms with Crippen molar-refractivity contribution in [1.82, 2.24) is 20.2 Å². The lowest BCUT2D eigenvalue weighted by molar-refractivity contribution is -0.122. The number of nitrogens with one attached hydrogen (secondary N) is 2.